The molecule has 0 radical (unpaired) electrons. The fraction of sp³-hybridized carbons (Fsp3) is 0.500. The second-order valence-corrected chi connectivity index (χ2v) is 6.79. The summed E-state index contributed by atoms with van der Waals surface area (Å²) in [6.07, 6.45) is 0. The van der Waals surface area contributed by atoms with Gasteiger partial charge in [0.1, 0.15) is 0 Å². The van der Waals surface area contributed by atoms with Crippen molar-refractivity contribution in [1.82, 2.24) is 4.31 Å². The molecule has 0 aliphatic carbocycles. The third kappa shape index (κ3) is 2.93. The Hall–Kier alpha value is -0.660. The van der Waals surface area contributed by atoms with Gasteiger partial charge in [0.25, 0.3) is 0 Å². The summed E-state index contributed by atoms with van der Waals surface area (Å²) >= 11 is 6.02. The quantitative estimate of drug-likeness (QED) is 0.911. The average molecular weight is 305 g/mol. The summed E-state index contributed by atoms with van der Waals surface area (Å²) in [4.78, 5) is 0.198. The van der Waals surface area contributed by atoms with Crippen LogP contribution in [0, 0.1) is 0 Å². The maximum absolute atomic E-state index is 12.5. The third-order valence-electron chi connectivity index (χ3n) is 3.16. The van der Waals surface area contributed by atoms with Crippen molar-refractivity contribution in [3.05, 3.63) is 28.8 Å². The number of rotatable bonds is 3. The van der Waals surface area contributed by atoms with E-state index in [4.69, 9.17) is 22.1 Å². The van der Waals surface area contributed by atoms with Crippen LogP contribution in [0.3, 0.4) is 0 Å². The first kappa shape index (κ1) is 14.7. The minimum absolute atomic E-state index is 0.174. The normalized spacial score (nSPS) is 21.5. The number of benzene rings is 1. The van der Waals surface area contributed by atoms with Gasteiger partial charge in [-0.25, -0.2) is 8.42 Å². The van der Waals surface area contributed by atoms with E-state index < -0.39 is 10.0 Å². The Balaban J connectivity index is 2.36. The summed E-state index contributed by atoms with van der Waals surface area (Å²) in [5, 5.41) is 0.379. The monoisotopic (exact) mass is 304 g/mol. The van der Waals surface area contributed by atoms with Crippen molar-refractivity contribution in [1.29, 1.82) is 0 Å². The second-order valence-electron chi connectivity index (χ2n) is 4.50. The van der Waals surface area contributed by atoms with Gasteiger partial charge >= 0.3 is 0 Å². The number of sulfonamides is 1. The molecule has 1 saturated heterocycles. The van der Waals surface area contributed by atoms with E-state index in [0.29, 0.717) is 24.8 Å². The summed E-state index contributed by atoms with van der Waals surface area (Å²) in [5.74, 6) is 0. The van der Waals surface area contributed by atoms with Crippen LogP contribution in [0.5, 0.6) is 0 Å². The molecule has 1 aliphatic rings. The maximum Gasteiger partial charge on any atom is 0.243 e. The molecule has 1 heterocycles. The van der Waals surface area contributed by atoms with E-state index >= 15 is 0 Å². The predicted molar refractivity (Wildman–Crippen MR) is 73.5 cm³/mol. The zero-order valence-corrected chi connectivity index (χ0v) is 12.2. The fourth-order valence-electron chi connectivity index (χ4n) is 2.06. The van der Waals surface area contributed by atoms with E-state index in [1.165, 1.54) is 10.4 Å². The lowest BCUT2D eigenvalue weighted by Gasteiger charge is -2.32. The highest BCUT2D eigenvalue weighted by molar-refractivity contribution is 7.89. The van der Waals surface area contributed by atoms with E-state index in [0.717, 1.165) is 5.56 Å². The van der Waals surface area contributed by atoms with E-state index in [1.807, 2.05) is 6.92 Å². The smallest absolute Gasteiger partial charge is 0.243 e. The molecular weight excluding hydrogens is 288 g/mol. The Kier molecular flexibility index (Phi) is 4.47. The van der Waals surface area contributed by atoms with Crippen LogP contribution in [0.4, 0.5) is 0 Å². The summed E-state index contributed by atoms with van der Waals surface area (Å²) in [7, 11) is -3.53. The number of ether oxygens (including phenoxy) is 1. The molecule has 1 aliphatic heterocycles. The van der Waals surface area contributed by atoms with Crippen LogP contribution in [0.1, 0.15) is 12.5 Å². The van der Waals surface area contributed by atoms with Gasteiger partial charge in [-0.2, -0.15) is 4.31 Å². The lowest BCUT2D eigenvalue weighted by atomic mass is 10.2. The number of hydrogen-bond donors (Lipinski definition) is 1. The topological polar surface area (TPSA) is 72.6 Å². The molecule has 106 valence electrons. The Morgan fingerprint density at radius 1 is 1.53 bits per heavy atom. The SMILES string of the molecule is CC1COCCN1S(=O)(=O)c1ccc(CN)c(Cl)c1. The molecule has 1 atom stereocenters. The van der Waals surface area contributed by atoms with Crippen LogP contribution < -0.4 is 5.73 Å². The third-order valence-corrected chi connectivity index (χ3v) is 5.52. The second kappa shape index (κ2) is 5.76. The standard InChI is InChI=1S/C12H17ClN2O3S/c1-9-8-18-5-4-15(9)19(16,17)11-3-2-10(7-14)12(13)6-11/h2-3,6,9H,4-5,7-8,14H2,1H3. The van der Waals surface area contributed by atoms with Crippen LogP contribution in [0.15, 0.2) is 23.1 Å². The molecule has 1 aromatic carbocycles. The van der Waals surface area contributed by atoms with E-state index in [2.05, 4.69) is 0 Å². The molecule has 0 aromatic heterocycles. The first-order chi connectivity index (χ1) is 8.96. The van der Waals surface area contributed by atoms with Crippen molar-refractivity contribution in [2.24, 2.45) is 5.73 Å². The van der Waals surface area contributed by atoms with Gasteiger partial charge in [-0.1, -0.05) is 17.7 Å². The van der Waals surface area contributed by atoms with Crippen LogP contribution >= 0.6 is 11.6 Å². The molecule has 1 fully saturated rings. The zero-order chi connectivity index (χ0) is 14.0. The van der Waals surface area contributed by atoms with Gasteiger partial charge in [0.05, 0.1) is 18.1 Å². The van der Waals surface area contributed by atoms with Crippen molar-refractivity contribution >= 4 is 21.6 Å². The Labute approximate surface area is 118 Å². The van der Waals surface area contributed by atoms with Crippen molar-refractivity contribution < 1.29 is 13.2 Å². The van der Waals surface area contributed by atoms with Gasteiger partial charge in [0, 0.05) is 24.2 Å². The molecule has 5 nitrogen and oxygen atoms in total. The van der Waals surface area contributed by atoms with Gasteiger partial charge in [-0.05, 0) is 24.6 Å². The molecule has 0 saturated carbocycles. The molecule has 0 spiro atoms. The number of morpholine rings is 1. The average Bonchev–Trinajstić information content (AvgIpc) is 2.39. The van der Waals surface area contributed by atoms with Gasteiger partial charge in [-0.3, -0.25) is 0 Å². The Morgan fingerprint density at radius 3 is 2.84 bits per heavy atom. The van der Waals surface area contributed by atoms with Gasteiger partial charge < -0.3 is 10.5 Å². The lowest BCUT2D eigenvalue weighted by Crippen LogP contribution is -2.46. The number of hydrogen-bond acceptors (Lipinski definition) is 4. The highest BCUT2D eigenvalue weighted by Gasteiger charge is 2.31. The summed E-state index contributed by atoms with van der Waals surface area (Å²) < 4.78 is 31.8. The number of nitrogens with zero attached hydrogens (tertiary/aromatic N) is 1. The Morgan fingerprint density at radius 2 is 2.26 bits per heavy atom. The summed E-state index contributed by atoms with van der Waals surface area (Å²) in [6.45, 7) is 3.30. The minimum Gasteiger partial charge on any atom is -0.378 e. The highest BCUT2D eigenvalue weighted by Crippen LogP contribution is 2.25. The molecule has 7 heteroatoms. The molecule has 2 N–H and O–H groups in total. The Bertz CT molecular complexity index is 562. The van der Waals surface area contributed by atoms with Crippen molar-refractivity contribution in [2.75, 3.05) is 19.8 Å². The number of nitrogens with two attached hydrogens (primary N) is 1. The van der Waals surface area contributed by atoms with Gasteiger partial charge in [0.2, 0.25) is 10.0 Å². The molecule has 19 heavy (non-hydrogen) atoms. The molecular formula is C12H17ClN2O3S. The molecule has 1 aromatic rings. The van der Waals surface area contributed by atoms with Crippen LogP contribution in [-0.4, -0.2) is 38.5 Å². The fourth-order valence-corrected chi connectivity index (χ4v) is 4.01. The molecule has 0 amide bonds. The molecule has 1 unspecified atom stereocenters. The van der Waals surface area contributed by atoms with Crippen LogP contribution in [-0.2, 0) is 21.3 Å². The number of halogens is 1. The first-order valence-electron chi connectivity index (χ1n) is 6.05. The highest BCUT2D eigenvalue weighted by atomic mass is 35.5. The van der Waals surface area contributed by atoms with Crippen LogP contribution in [0.2, 0.25) is 5.02 Å². The van der Waals surface area contributed by atoms with Gasteiger partial charge in [-0.15, -0.1) is 0 Å². The minimum atomic E-state index is -3.53. The molecule has 2 rings (SSSR count). The predicted octanol–water partition coefficient (Wildman–Crippen LogP) is 1.21. The summed E-state index contributed by atoms with van der Waals surface area (Å²) in [6, 6.07) is 4.49. The summed E-state index contributed by atoms with van der Waals surface area (Å²) in [5.41, 5.74) is 6.25. The largest absolute Gasteiger partial charge is 0.378 e. The van der Waals surface area contributed by atoms with E-state index in [9.17, 15) is 8.42 Å². The van der Waals surface area contributed by atoms with Crippen LogP contribution in [0.25, 0.3) is 0 Å². The van der Waals surface area contributed by atoms with E-state index in [1.54, 1.807) is 12.1 Å². The van der Waals surface area contributed by atoms with E-state index in [-0.39, 0.29) is 17.5 Å². The van der Waals surface area contributed by atoms with Crippen molar-refractivity contribution in [3.63, 3.8) is 0 Å². The van der Waals surface area contributed by atoms with Gasteiger partial charge in [0.15, 0.2) is 0 Å². The van der Waals surface area contributed by atoms with Crippen molar-refractivity contribution in [3.8, 4) is 0 Å². The zero-order valence-electron chi connectivity index (χ0n) is 10.7. The molecule has 0 bridgehead atoms. The maximum atomic E-state index is 12.5. The van der Waals surface area contributed by atoms with Crippen molar-refractivity contribution in [2.45, 2.75) is 24.4 Å². The first-order valence-corrected chi connectivity index (χ1v) is 7.86. The lowest BCUT2D eigenvalue weighted by molar-refractivity contribution is 0.0393.